The highest BCUT2D eigenvalue weighted by Crippen LogP contribution is 2.02. The van der Waals surface area contributed by atoms with Crippen LogP contribution >= 0.6 is 0 Å². The highest BCUT2D eigenvalue weighted by Gasteiger charge is 2.26. The maximum absolute atomic E-state index is 11.7. The van der Waals surface area contributed by atoms with E-state index < -0.39 is 38.2 Å². The number of aliphatic carboxylic acids is 1. The Labute approximate surface area is 101 Å². The van der Waals surface area contributed by atoms with Gasteiger partial charge in [-0.15, -0.1) is 0 Å². The molecule has 0 spiro atoms. The SMILES string of the molecule is CC[C@@H](NS(=O)(=O)c1c[nH]c(=O)[nH]c1=O)C(=O)O. The van der Waals surface area contributed by atoms with Crippen molar-refractivity contribution in [2.24, 2.45) is 0 Å². The Hall–Kier alpha value is -1.94. The van der Waals surface area contributed by atoms with Crippen molar-refractivity contribution in [2.75, 3.05) is 0 Å². The number of aromatic amines is 2. The van der Waals surface area contributed by atoms with Crippen LogP contribution in [0.4, 0.5) is 0 Å². The summed E-state index contributed by atoms with van der Waals surface area (Å²) in [4.78, 5) is 35.7. The summed E-state index contributed by atoms with van der Waals surface area (Å²) in [6.45, 7) is 1.47. The lowest BCUT2D eigenvalue weighted by Crippen LogP contribution is -2.42. The van der Waals surface area contributed by atoms with Crippen LogP contribution in [-0.2, 0) is 14.8 Å². The average molecular weight is 277 g/mol. The number of H-pyrrole nitrogens is 2. The van der Waals surface area contributed by atoms with Crippen LogP contribution in [0.5, 0.6) is 0 Å². The molecule has 18 heavy (non-hydrogen) atoms. The summed E-state index contributed by atoms with van der Waals surface area (Å²) in [6, 6.07) is -1.35. The van der Waals surface area contributed by atoms with E-state index in [1.807, 2.05) is 9.71 Å². The molecule has 4 N–H and O–H groups in total. The third kappa shape index (κ3) is 3.05. The minimum Gasteiger partial charge on any atom is -0.480 e. The van der Waals surface area contributed by atoms with Crippen LogP contribution in [0.3, 0.4) is 0 Å². The highest BCUT2D eigenvalue weighted by atomic mass is 32.2. The Balaban J connectivity index is 3.18. The van der Waals surface area contributed by atoms with Crippen LogP contribution in [0.25, 0.3) is 0 Å². The maximum atomic E-state index is 11.7. The van der Waals surface area contributed by atoms with Crippen molar-refractivity contribution in [2.45, 2.75) is 24.3 Å². The normalized spacial score (nSPS) is 13.2. The third-order valence-electron chi connectivity index (χ3n) is 2.08. The molecule has 0 saturated carbocycles. The van der Waals surface area contributed by atoms with Gasteiger partial charge in [0.25, 0.3) is 5.56 Å². The summed E-state index contributed by atoms with van der Waals surface area (Å²) >= 11 is 0. The van der Waals surface area contributed by atoms with Crippen molar-refractivity contribution < 1.29 is 18.3 Å². The van der Waals surface area contributed by atoms with Crippen LogP contribution in [0.2, 0.25) is 0 Å². The topological polar surface area (TPSA) is 149 Å². The molecule has 0 radical (unpaired) electrons. The molecule has 1 aromatic heterocycles. The molecule has 0 unspecified atom stereocenters. The summed E-state index contributed by atoms with van der Waals surface area (Å²) < 4.78 is 25.3. The molecule has 0 amide bonds. The molecule has 1 heterocycles. The number of hydrogen-bond acceptors (Lipinski definition) is 5. The molecular formula is C8H11N3O6S. The number of carboxylic acid groups (broad SMARTS) is 1. The molecule has 9 nitrogen and oxygen atoms in total. The summed E-state index contributed by atoms with van der Waals surface area (Å²) in [6.07, 6.45) is 0.716. The number of sulfonamides is 1. The molecule has 1 atom stereocenters. The molecule has 0 fully saturated rings. The quantitative estimate of drug-likeness (QED) is 0.499. The van der Waals surface area contributed by atoms with E-state index in [-0.39, 0.29) is 6.42 Å². The van der Waals surface area contributed by atoms with Crippen LogP contribution in [0, 0.1) is 0 Å². The van der Waals surface area contributed by atoms with Gasteiger partial charge in [-0.2, -0.15) is 4.72 Å². The van der Waals surface area contributed by atoms with E-state index in [4.69, 9.17) is 5.11 Å². The van der Waals surface area contributed by atoms with E-state index >= 15 is 0 Å². The fraction of sp³-hybridized carbons (Fsp3) is 0.375. The molecule has 100 valence electrons. The van der Waals surface area contributed by atoms with Crippen LogP contribution in [-0.4, -0.2) is 35.5 Å². The number of hydrogen-bond donors (Lipinski definition) is 4. The molecular weight excluding hydrogens is 266 g/mol. The average Bonchev–Trinajstić information content (AvgIpc) is 2.24. The van der Waals surface area contributed by atoms with Gasteiger partial charge in [0.1, 0.15) is 6.04 Å². The van der Waals surface area contributed by atoms with Crippen molar-refractivity contribution in [3.63, 3.8) is 0 Å². The lowest BCUT2D eigenvalue weighted by atomic mass is 10.2. The first-order valence-electron chi connectivity index (χ1n) is 4.85. The second kappa shape index (κ2) is 5.14. The van der Waals surface area contributed by atoms with Crippen LogP contribution in [0.1, 0.15) is 13.3 Å². The molecule has 0 saturated heterocycles. The molecule has 0 aliphatic rings. The van der Waals surface area contributed by atoms with Gasteiger partial charge in [0, 0.05) is 6.20 Å². The number of aromatic nitrogens is 2. The molecule has 0 aliphatic heterocycles. The van der Waals surface area contributed by atoms with Crippen LogP contribution < -0.4 is 16.0 Å². The molecule has 0 aliphatic carbocycles. The summed E-state index contributed by atoms with van der Waals surface area (Å²) in [5.41, 5.74) is -1.98. The highest BCUT2D eigenvalue weighted by molar-refractivity contribution is 7.89. The summed E-state index contributed by atoms with van der Waals surface area (Å²) in [5.74, 6) is -1.36. The predicted molar refractivity (Wildman–Crippen MR) is 59.7 cm³/mol. The molecule has 1 rings (SSSR count). The van der Waals surface area contributed by atoms with Crippen LogP contribution in [0.15, 0.2) is 20.7 Å². The Morgan fingerprint density at radius 1 is 1.50 bits per heavy atom. The van der Waals surface area contributed by atoms with Crippen molar-refractivity contribution in [3.8, 4) is 0 Å². The molecule has 1 aromatic rings. The predicted octanol–water partition coefficient (Wildman–Crippen LogP) is -1.80. The zero-order chi connectivity index (χ0) is 13.9. The number of carbonyl (C=O) groups is 1. The van der Waals surface area contributed by atoms with E-state index in [9.17, 15) is 22.8 Å². The molecule has 0 aromatic carbocycles. The summed E-state index contributed by atoms with van der Waals surface area (Å²) in [7, 11) is -4.31. The van der Waals surface area contributed by atoms with E-state index in [2.05, 4.69) is 0 Å². The van der Waals surface area contributed by atoms with Crippen molar-refractivity contribution in [1.29, 1.82) is 0 Å². The Morgan fingerprint density at radius 3 is 2.56 bits per heavy atom. The van der Waals surface area contributed by atoms with Gasteiger partial charge in [0.05, 0.1) is 0 Å². The number of carboxylic acids is 1. The van der Waals surface area contributed by atoms with Crippen molar-refractivity contribution in [3.05, 3.63) is 27.0 Å². The Bertz CT molecular complexity index is 658. The van der Waals surface area contributed by atoms with Crippen molar-refractivity contribution in [1.82, 2.24) is 14.7 Å². The monoisotopic (exact) mass is 277 g/mol. The van der Waals surface area contributed by atoms with Crippen molar-refractivity contribution >= 4 is 16.0 Å². The minimum atomic E-state index is -4.31. The van der Waals surface area contributed by atoms with Gasteiger partial charge < -0.3 is 10.1 Å². The Kier molecular flexibility index (Phi) is 4.03. The first-order valence-corrected chi connectivity index (χ1v) is 6.33. The standard InChI is InChI=1S/C8H11N3O6S/c1-2-4(7(13)14)11-18(16,17)5-3-9-8(15)10-6(5)12/h3-4,11H,2H2,1H3,(H,13,14)(H2,9,10,12,15)/t4-/m1/s1. The van der Waals surface area contributed by atoms with Gasteiger partial charge in [-0.1, -0.05) is 6.92 Å². The first kappa shape index (κ1) is 14.1. The van der Waals surface area contributed by atoms with Gasteiger partial charge in [0.2, 0.25) is 10.0 Å². The second-order valence-electron chi connectivity index (χ2n) is 3.36. The van der Waals surface area contributed by atoms with Gasteiger partial charge in [-0.25, -0.2) is 13.2 Å². The zero-order valence-electron chi connectivity index (χ0n) is 9.26. The maximum Gasteiger partial charge on any atom is 0.325 e. The molecule has 0 bridgehead atoms. The summed E-state index contributed by atoms with van der Waals surface area (Å²) in [5, 5.41) is 8.73. The molecule has 10 heteroatoms. The van der Waals surface area contributed by atoms with Gasteiger partial charge in [0.15, 0.2) is 4.90 Å². The Morgan fingerprint density at radius 2 is 2.11 bits per heavy atom. The number of nitrogens with one attached hydrogen (secondary N) is 3. The largest absolute Gasteiger partial charge is 0.480 e. The van der Waals surface area contributed by atoms with Gasteiger partial charge in [-0.3, -0.25) is 14.6 Å². The first-order chi connectivity index (χ1) is 8.27. The fourth-order valence-corrected chi connectivity index (χ4v) is 2.43. The van der Waals surface area contributed by atoms with Gasteiger partial charge in [-0.05, 0) is 6.42 Å². The van der Waals surface area contributed by atoms with E-state index in [0.29, 0.717) is 6.20 Å². The minimum absolute atomic E-state index is 0.00974. The fourth-order valence-electron chi connectivity index (χ4n) is 1.16. The lowest BCUT2D eigenvalue weighted by molar-refractivity contribution is -0.139. The van der Waals surface area contributed by atoms with Gasteiger partial charge >= 0.3 is 11.7 Å². The smallest absolute Gasteiger partial charge is 0.325 e. The lowest BCUT2D eigenvalue weighted by Gasteiger charge is -2.11. The van der Waals surface area contributed by atoms with E-state index in [1.165, 1.54) is 6.92 Å². The second-order valence-corrected chi connectivity index (χ2v) is 5.04. The third-order valence-corrected chi connectivity index (χ3v) is 3.56. The number of rotatable bonds is 5. The zero-order valence-corrected chi connectivity index (χ0v) is 10.1. The van der Waals surface area contributed by atoms with E-state index in [1.54, 1.807) is 4.98 Å². The van der Waals surface area contributed by atoms with E-state index in [0.717, 1.165) is 0 Å².